The Balaban J connectivity index is 2.10. The average molecular weight is 278 g/mol. The van der Waals surface area contributed by atoms with Crippen molar-refractivity contribution >= 4 is 5.97 Å². The molecule has 1 aliphatic carbocycles. The Kier molecular flexibility index (Phi) is 5.65. The fraction of sp³-hybridized carbons (Fsp3) is 0.688. The largest absolute Gasteiger partial charge is 0.465 e. The van der Waals surface area contributed by atoms with E-state index in [0.29, 0.717) is 19.2 Å². The topological polar surface area (TPSA) is 43.3 Å². The van der Waals surface area contributed by atoms with Gasteiger partial charge in [0.15, 0.2) is 0 Å². The summed E-state index contributed by atoms with van der Waals surface area (Å²) in [5, 5.41) is 3.63. The second-order valence-corrected chi connectivity index (χ2v) is 5.47. The van der Waals surface area contributed by atoms with Gasteiger partial charge in [-0.3, -0.25) is 4.79 Å². The number of hydrogen-bond donors (Lipinski definition) is 1. The first-order valence-corrected chi connectivity index (χ1v) is 7.82. The molecule has 2 rings (SSSR count). The molecule has 20 heavy (non-hydrogen) atoms. The van der Waals surface area contributed by atoms with E-state index in [1.807, 2.05) is 11.5 Å². The molecule has 0 bridgehead atoms. The first-order valence-electron chi connectivity index (χ1n) is 7.82. The first kappa shape index (κ1) is 15.1. The number of fused-ring (bicyclic) bond motifs is 1. The second-order valence-electron chi connectivity index (χ2n) is 5.47. The van der Waals surface area contributed by atoms with Gasteiger partial charge in [0.25, 0.3) is 0 Å². The summed E-state index contributed by atoms with van der Waals surface area (Å²) in [6.45, 7) is 5.85. The molecule has 0 radical (unpaired) electrons. The highest BCUT2D eigenvalue weighted by Gasteiger charge is 2.20. The number of esters is 1. The van der Waals surface area contributed by atoms with Gasteiger partial charge in [-0.25, -0.2) is 0 Å². The quantitative estimate of drug-likeness (QED) is 0.643. The van der Waals surface area contributed by atoms with Gasteiger partial charge in [0.1, 0.15) is 6.54 Å². The molecule has 0 amide bonds. The zero-order chi connectivity index (χ0) is 14.4. The average Bonchev–Trinajstić information content (AvgIpc) is 2.71. The Morgan fingerprint density at radius 2 is 2.25 bits per heavy atom. The lowest BCUT2D eigenvalue weighted by Gasteiger charge is -2.16. The van der Waals surface area contributed by atoms with Crippen LogP contribution in [0.5, 0.6) is 0 Å². The lowest BCUT2D eigenvalue weighted by molar-refractivity contribution is -0.143. The van der Waals surface area contributed by atoms with E-state index in [1.54, 1.807) is 0 Å². The standard InChI is InChI=1S/C16H26N2O2/c1-3-9-17-15-8-6-5-7-13-10-18(11-14(13)15)12-16(19)20-4-2/h10-11,15,17H,3-9,12H2,1-2H3. The molecular formula is C16H26N2O2. The second kappa shape index (κ2) is 7.48. The molecular weight excluding hydrogens is 252 g/mol. The fourth-order valence-corrected chi connectivity index (χ4v) is 2.89. The van der Waals surface area contributed by atoms with Crippen LogP contribution in [0, 0.1) is 0 Å². The Morgan fingerprint density at radius 1 is 1.40 bits per heavy atom. The smallest absolute Gasteiger partial charge is 0.325 e. The van der Waals surface area contributed by atoms with E-state index in [9.17, 15) is 4.79 Å². The number of carbonyl (C=O) groups is 1. The number of rotatable bonds is 6. The number of aromatic nitrogens is 1. The first-order chi connectivity index (χ1) is 9.74. The molecule has 0 saturated heterocycles. The highest BCUT2D eigenvalue weighted by atomic mass is 16.5. The van der Waals surface area contributed by atoms with Crippen LogP contribution in [0.4, 0.5) is 0 Å². The molecule has 4 nitrogen and oxygen atoms in total. The van der Waals surface area contributed by atoms with Gasteiger partial charge in [0, 0.05) is 18.4 Å². The van der Waals surface area contributed by atoms with Crippen LogP contribution in [0.2, 0.25) is 0 Å². The molecule has 1 unspecified atom stereocenters. The van der Waals surface area contributed by atoms with Crippen molar-refractivity contribution in [1.29, 1.82) is 0 Å². The predicted molar refractivity (Wildman–Crippen MR) is 79.7 cm³/mol. The van der Waals surface area contributed by atoms with E-state index in [0.717, 1.165) is 19.4 Å². The Hall–Kier alpha value is -1.29. The maximum absolute atomic E-state index is 11.6. The third kappa shape index (κ3) is 3.85. The third-order valence-electron chi connectivity index (χ3n) is 3.82. The SMILES string of the molecule is CCCNC1CCCCc2cn(CC(=O)OCC)cc21. The van der Waals surface area contributed by atoms with E-state index in [-0.39, 0.29) is 5.97 Å². The van der Waals surface area contributed by atoms with E-state index in [1.165, 1.54) is 30.4 Å². The summed E-state index contributed by atoms with van der Waals surface area (Å²) in [6.07, 6.45) is 10.2. The van der Waals surface area contributed by atoms with Crippen LogP contribution in [0.3, 0.4) is 0 Å². The van der Waals surface area contributed by atoms with Crippen LogP contribution < -0.4 is 5.32 Å². The molecule has 0 aliphatic heterocycles. The summed E-state index contributed by atoms with van der Waals surface area (Å²) >= 11 is 0. The molecule has 112 valence electrons. The van der Waals surface area contributed by atoms with Crippen LogP contribution in [0.1, 0.15) is 56.7 Å². The molecule has 1 aromatic heterocycles. The maximum atomic E-state index is 11.6. The molecule has 1 aromatic rings. The number of ether oxygens (including phenoxy) is 1. The summed E-state index contributed by atoms with van der Waals surface area (Å²) < 4.78 is 7.00. The summed E-state index contributed by atoms with van der Waals surface area (Å²) in [6, 6.07) is 0.441. The minimum Gasteiger partial charge on any atom is -0.465 e. The Morgan fingerprint density at radius 3 is 3.00 bits per heavy atom. The Bertz CT molecular complexity index is 440. The number of nitrogens with zero attached hydrogens (tertiary/aromatic N) is 1. The van der Waals surface area contributed by atoms with Crippen molar-refractivity contribution in [2.24, 2.45) is 0 Å². The van der Waals surface area contributed by atoms with Crippen molar-refractivity contribution in [2.45, 2.75) is 58.5 Å². The van der Waals surface area contributed by atoms with Crippen LogP contribution in [0.15, 0.2) is 12.4 Å². The zero-order valence-electron chi connectivity index (χ0n) is 12.7. The number of nitrogens with one attached hydrogen (secondary N) is 1. The van der Waals surface area contributed by atoms with Gasteiger partial charge >= 0.3 is 5.97 Å². The summed E-state index contributed by atoms with van der Waals surface area (Å²) in [7, 11) is 0. The molecule has 1 aliphatic rings. The van der Waals surface area contributed by atoms with Crippen LogP contribution in [-0.2, 0) is 22.5 Å². The predicted octanol–water partition coefficient (Wildman–Crippen LogP) is 2.82. The summed E-state index contributed by atoms with van der Waals surface area (Å²) in [4.78, 5) is 11.6. The molecule has 1 heterocycles. The van der Waals surface area contributed by atoms with Gasteiger partial charge in [-0.2, -0.15) is 0 Å². The van der Waals surface area contributed by atoms with Crippen molar-refractivity contribution in [3.8, 4) is 0 Å². The van der Waals surface area contributed by atoms with E-state index in [2.05, 4.69) is 24.6 Å². The van der Waals surface area contributed by atoms with Crippen LogP contribution in [0.25, 0.3) is 0 Å². The monoisotopic (exact) mass is 278 g/mol. The van der Waals surface area contributed by atoms with Crippen molar-refractivity contribution in [3.63, 3.8) is 0 Å². The molecule has 1 atom stereocenters. The van der Waals surface area contributed by atoms with Crippen molar-refractivity contribution in [1.82, 2.24) is 9.88 Å². The molecule has 0 fully saturated rings. The molecule has 0 aromatic carbocycles. The van der Waals surface area contributed by atoms with E-state index < -0.39 is 0 Å². The van der Waals surface area contributed by atoms with Gasteiger partial charge in [0.05, 0.1) is 6.61 Å². The van der Waals surface area contributed by atoms with Crippen LogP contribution in [-0.4, -0.2) is 23.7 Å². The highest BCUT2D eigenvalue weighted by molar-refractivity contribution is 5.69. The normalized spacial score (nSPS) is 18.4. The van der Waals surface area contributed by atoms with E-state index in [4.69, 9.17) is 4.74 Å². The highest BCUT2D eigenvalue weighted by Crippen LogP contribution is 2.29. The maximum Gasteiger partial charge on any atom is 0.325 e. The molecule has 4 heteroatoms. The number of hydrogen-bond acceptors (Lipinski definition) is 3. The van der Waals surface area contributed by atoms with Crippen molar-refractivity contribution in [2.75, 3.05) is 13.2 Å². The van der Waals surface area contributed by atoms with Crippen molar-refractivity contribution in [3.05, 3.63) is 23.5 Å². The molecule has 1 N–H and O–H groups in total. The minimum absolute atomic E-state index is 0.157. The zero-order valence-corrected chi connectivity index (χ0v) is 12.7. The molecule has 0 saturated carbocycles. The summed E-state index contributed by atoms with van der Waals surface area (Å²) in [5.41, 5.74) is 2.76. The van der Waals surface area contributed by atoms with Gasteiger partial charge in [0.2, 0.25) is 0 Å². The van der Waals surface area contributed by atoms with E-state index >= 15 is 0 Å². The van der Waals surface area contributed by atoms with Gasteiger partial charge in [-0.05, 0) is 50.3 Å². The summed E-state index contributed by atoms with van der Waals surface area (Å²) in [5.74, 6) is -0.157. The number of carbonyl (C=O) groups excluding carboxylic acids is 1. The Labute approximate surface area is 121 Å². The van der Waals surface area contributed by atoms with Gasteiger partial charge < -0.3 is 14.6 Å². The fourth-order valence-electron chi connectivity index (χ4n) is 2.89. The van der Waals surface area contributed by atoms with Crippen LogP contribution >= 0.6 is 0 Å². The molecule has 0 spiro atoms. The van der Waals surface area contributed by atoms with Gasteiger partial charge in [-0.15, -0.1) is 0 Å². The lowest BCUT2D eigenvalue weighted by atomic mass is 10.0. The minimum atomic E-state index is -0.157. The lowest BCUT2D eigenvalue weighted by Crippen LogP contribution is -2.22. The number of aryl methyl sites for hydroxylation is 1. The van der Waals surface area contributed by atoms with Crippen molar-refractivity contribution < 1.29 is 9.53 Å². The van der Waals surface area contributed by atoms with Gasteiger partial charge in [-0.1, -0.05) is 13.3 Å². The third-order valence-corrected chi connectivity index (χ3v) is 3.82.